The Morgan fingerprint density at radius 2 is 1.87 bits per heavy atom. The molecule has 0 spiro atoms. The molecule has 78 valence electrons. The number of nitrogens with two attached hydrogens (primary N) is 1. The lowest BCUT2D eigenvalue weighted by atomic mass is 10.2. The summed E-state index contributed by atoms with van der Waals surface area (Å²) < 4.78 is 0. The molecular formula is C11H12N2O2. The summed E-state index contributed by atoms with van der Waals surface area (Å²) in [4.78, 5) is 22.0. The van der Waals surface area contributed by atoms with E-state index in [9.17, 15) is 9.59 Å². The third-order valence-electron chi connectivity index (χ3n) is 1.79. The van der Waals surface area contributed by atoms with Gasteiger partial charge in [0.15, 0.2) is 0 Å². The molecule has 0 aliphatic carbocycles. The zero-order valence-electron chi connectivity index (χ0n) is 8.38. The van der Waals surface area contributed by atoms with Gasteiger partial charge in [-0.2, -0.15) is 0 Å². The van der Waals surface area contributed by atoms with Crippen molar-refractivity contribution in [1.82, 2.24) is 5.01 Å². The number of hydrazine groups is 1. The number of benzene rings is 1. The highest BCUT2D eigenvalue weighted by Gasteiger charge is 2.09. The van der Waals surface area contributed by atoms with Crippen LogP contribution in [-0.4, -0.2) is 16.8 Å². The van der Waals surface area contributed by atoms with Crippen molar-refractivity contribution in [3.63, 3.8) is 0 Å². The van der Waals surface area contributed by atoms with Crippen LogP contribution in [0.15, 0.2) is 36.4 Å². The molecule has 0 saturated heterocycles. The summed E-state index contributed by atoms with van der Waals surface area (Å²) in [5, 5.41) is 0.569. The largest absolute Gasteiger partial charge is 0.273 e. The van der Waals surface area contributed by atoms with Crippen molar-refractivity contribution in [3.8, 4) is 0 Å². The molecule has 2 amide bonds. The molecule has 0 aromatic heterocycles. The first kappa shape index (κ1) is 11.1. The molecule has 0 saturated carbocycles. The van der Waals surface area contributed by atoms with Crippen LogP contribution < -0.4 is 5.84 Å². The van der Waals surface area contributed by atoms with Crippen molar-refractivity contribution in [2.45, 2.75) is 6.92 Å². The molecule has 0 unspecified atom stereocenters. The second-order valence-corrected chi connectivity index (χ2v) is 2.97. The van der Waals surface area contributed by atoms with Gasteiger partial charge >= 0.3 is 0 Å². The van der Waals surface area contributed by atoms with Crippen LogP contribution in [0.3, 0.4) is 0 Å². The smallest absolute Gasteiger partial charge is 0.267 e. The molecule has 4 nitrogen and oxygen atoms in total. The standard InChI is InChI=1S/C11H12N2O2/c1-9(14)13(12)11(15)8-7-10-5-3-2-4-6-10/h2-8H,12H2,1H3/b8-7+. The van der Waals surface area contributed by atoms with Gasteiger partial charge in [-0.1, -0.05) is 30.3 Å². The van der Waals surface area contributed by atoms with Gasteiger partial charge in [-0.3, -0.25) is 9.59 Å². The number of hydrogen-bond donors (Lipinski definition) is 1. The zero-order chi connectivity index (χ0) is 11.3. The van der Waals surface area contributed by atoms with Crippen LogP contribution in [0.1, 0.15) is 12.5 Å². The summed E-state index contributed by atoms with van der Waals surface area (Å²) in [6, 6.07) is 9.28. The monoisotopic (exact) mass is 204 g/mol. The Balaban J connectivity index is 2.67. The van der Waals surface area contributed by atoms with Gasteiger partial charge in [0.1, 0.15) is 0 Å². The average Bonchev–Trinajstić information content (AvgIpc) is 2.26. The predicted octanol–water partition coefficient (Wildman–Crippen LogP) is 0.949. The van der Waals surface area contributed by atoms with Crippen molar-refractivity contribution in [3.05, 3.63) is 42.0 Å². The third kappa shape index (κ3) is 3.36. The minimum absolute atomic E-state index is 0.488. The highest BCUT2D eigenvalue weighted by molar-refractivity contribution is 6.01. The summed E-state index contributed by atoms with van der Waals surface area (Å²) in [5.41, 5.74) is 0.878. The fraction of sp³-hybridized carbons (Fsp3) is 0.0909. The minimum atomic E-state index is -0.536. The van der Waals surface area contributed by atoms with Crippen molar-refractivity contribution < 1.29 is 9.59 Å². The molecule has 0 aliphatic rings. The van der Waals surface area contributed by atoms with E-state index in [0.717, 1.165) is 5.56 Å². The molecule has 1 rings (SSSR count). The van der Waals surface area contributed by atoms with E-state index in [1.54, 1.807) is 6.08 Å². The maximum absolute atomic E-state index is 11.3. The quantitative estimate of drug-likeness (QED) is 0.337. The summed E-state index contributed by atoms with van der Waals surface area (Å²) in [6.45, 7) is 1.23. The Labute approximate surface area is 88.0 Å². The first-order valence-corrected chi connectivity index (χ1v) is 4.44. The molecule has 0 heterocycles. The van der Waals surface area contributed by atoms with Crippen LogP contribution in [0.5, 0.6) is 0 Å². The lowest BCUT2D eigenvalue weighted by Gasteiger charge is -2.08. The highest BCUT2D eigenvalue weighted by atomic mass is 16.2. The Morgan fingerprint density at radius 1 is 1.27 bits per heavy atom. The number of amides is 2. The number of carbonyl (C=O) groups excluding carboxylic acids is 2. The Kier molecular flexibility index (Phi) is 3.76. The van der Waals surface area contributed by atoms with Crippen LogP contribution in [0, 0.1) is 0 Å². The molecule has 2 N–H and O–H groups in total. The lowest BCUT2D eigenvalue weighted by Crippen LogP contribution is -2.39. The molecule has 1 aromatic carbocycles. The van der Waals surface area contributed by atoms with Gasteiger partial charge < -0.3 is 0 Å². The van der Waals surface area contributed by atoms with Crippen LogP contribution in [0.4, 0.5) is 0 Å². The fourth-order valence-corrected chi connectivity index (χ4v) is 0.967. The molecule has 0 atom stereocenters. The van der Waals surface area contributed by atoms with E-state index in [1.165, 1.54) is 13.0 Å². The number of nitrogens with zero attached hydrogens (tertiary/aromatic N) is 1. The van der Waals surface area contributed by atoms with Crippen LogP contribution in [0.25, 0.3) is 6.08 Å². The van der Waals surface area contributed by atoms with E-state index < -0.39 is 11.8 Å². The summed E-state index contributed by atoms with van der Waals surface area (Å²) >= 11 is 0. The van der Waals surface area contributed by atoms with Crippen molar-refractivity contribution in [1.29, 1.82) is 0 Å². The normalized spacial score (nSPS) is 10.3. The van der Waals surface area contributed by atoms with E-state index in [1.807, 2.05) is 30.3 Å². The van der Waals surface area contributed by atoms with Crippen LogP contribution in [0.2, 0.25) is 0 Å². The SMILES string of the molecule is CC(=O)N(N)C(=O)/C=C/c1ccccc1. The van der Waals surface area contributed by atoms with Gasteiger partial charge in [0.2, 0.25) is 5.91 Å². The van der Waals surface area contributed by atoms with Crippen molar-refractivity contribution in [2.75, 3.05) is 0 Å². The van der Waals surface area contributed by atoms with E-state index in [-0.39, 0.29) is 0 Å². The van der Waals surface area contributed by atoms with E-state index in [4.69, 9.17) is 5.84 Å². The maximum Gasteiger partial charge on any atom is 0.267 e. The van der Waals surface area contributed by atoms with E-state index in [0.29, 0.717) is 5.01 Å². The van der Waals surface area contributed by atoms with Crippen LogP contribution >= 0.6 is 0 Å². The van der Waals surface area contributed by atoms with Gasteiger partial charge in [0.05, 0.1) is 0 Å². The highest BCUT2D eigenvalue weighted by Crippen LogP contribution is 2.01. The minimum Gasteiger partial charge on any atom is -0.273 e. The van der Waals surface area contributed by atoms with E-state index >= 15 is 0 Å². The second kappa shape index (κ2) is 5.07. The van der Waals surface area contributed by atoms with Gasteiger partial charge in [-0.05, 0) is 11.6 Å². The fourth-order valence-electron chi connectivity index (χ4n) is 0.967. The molecule has 0 aliphatic heterocycles. The molecule has 0 radical (unpaired) electrons. The summed E-state index contributed by atoms with van der Waals surface area (Å²) in [7, 11) is 0. The Hall–Kier alpha value is -1.94. The molecule has 1 aromatic rings. The Bertz CT molecular complexity index is 385. The predicted molar refractivity (Wildman–Crippen MR) is 57.2 cm³/mol. The molecular weight excluding hydrogens is 192 g/mol. The third-order valence-corrected chi connectivity index (χ3v) is 1.79. The van der Waals surface area contributed by atoms with E-state index in [2.05, 4.69) is 0 Å². The average molecular weight is 204 g/mol. The van der Waals surface area contributed by atoms with Crippen molar-refractivity contribution in [2.24, 2.45) is 5.84 Å². The number of rotatable bonds is 2. The van der Waals surface area contributed by atoms with Crippen molar-refractivity contribution >= 4 is 17.9 Å². The van der Waals surface area contributed by atoms with Gasteiger partial charge in [-0.25, -0.2) is 10.9 Å². The number of carbonyl (C=O) groups is 2. The topological polar surface area (TPSA) is 63.4 Å². The number of hydrogen-bond acceptors (Lipinski definition) is 3. The zero-order valence-corrected chi connectivity index (χ0v) is 8.38. The maximum atomic E-state index is 11.3. The van der Waals surface area contributed by atoms with Gasteiger partial charge in [-0.15, -0.1) is 0 Å². The van der Waals surface area contributed by atoms with Crippen LogP contribution in [-0.2, 0) is 9.59 Å². The molecule has 15 heavy (non-hydrogen) atoms. The number of imide groups is 1. The summed E-state index contributed by atoms with van der Waals surface area (Å²) in [6.07, 6.45) is 2.86. The second-order valence-electron chi connectivity index (χ2n) is 2.97. The summed E-state index contributed by atoms with van der Waals surface area (Å²) in [5.74, 6) is 4.18. The first-order chi connectivity index (χ1) is 7.11. The molecule has 0 fully saturated rings. The first-order valence-electron chi connectivity index (χ1n) is 4.44. The molecule has 0 bridgehead atoms. The Morgan fingerprint density at radius 3 is 2.40 bits per heavy atom. The van der Waals surface area contributed by atoms with Gasteiger partial charge in [0.25, 0.3) is 5.91 Å². The lowest BCUT2D eigenvalue weighted by molar-refractivity contribution is -0.140. The molecule has 4 heteroatoms. The van der Waals surface area contributed by atoms with Gasteiger partial charge in [0, 0.05) is 13.0 Å².